The minimum Gasteiger partial charge on any atom is -0.481 e. The largest absolute Gasteiger partial charge is 0.481 e. The minimum absolute atomic E-state index is 0.129. The number of aliphatic carboxylic acids is 1. The molecular formula is C23H33N3O3. The molecule has 1 amide bonds. The molecular weight excluding hydrogens is 366 g/mol. The van der Waals surface area contributed by atoms with Crippen LogP contribution < -0.4 is 5.32 Å². The van der Waals surface area contributed by atoms with Gasteiger partial charge >= 0.3 is 5.97 Å². The predicted molar refractivity (Wildman–Crippen MR) is 114 cm³/mol. The van der Waals surface area contributed by atoms with Crippen LogP contribution in [0.15, 0.2) is 24.3 Å². The van der Waals surface area contributed by atoms with Gasteiger partial charge in [0.05, 0.1) is 11.6 Å². The van der Waals surface area contributed by atoms with Crippen LogP contribution >= 0.6 is 0 Å². The van der Waals surface area contributed by atoms with E-state index in [2.05, 4.69) is 24.3 Å². The number of aromatic nitrogens is 2. The third-order valence-electron chi connectivity index (χ3n) is 5.13. The predicted octanol–water partition coefficient (Wildman–Crippen LogP) is 3.46. The smallest absolute Gasteiger partial charge is 0.308 e. The van der Waals surface area contributed by atoms with Gasteiger partial charge in [0.25, 0.3) is 0 Å². The molecule has 0 aliphatic carbocycles. The van der Waals surface area contributed by atoms with Crippen LogP contribution in [0.5, 0.6) is 0 Å². The Bertz CT molecular complexity index is 855. The number of rotatable bonds is 10. The van der Waals surface area contributed by atoms with Crippen molar-refractivity contribution in [1.82, 2.24) is 15.1 Å². The quantitative estimate of drug-likeness (QED) is 0.641. The molecule has 2 N–H and O–H groups in total. The topological polar surface area (TPSA) is 84.2 Å². The number of carbonyl (C=O) groups excluding carboxylic acids is 1. The minimum atomic E-state index is -0.895. The van der Waals surface area contributed by atoms with Crippen LogP contribution in [0, 0.1) is 32.6 Å². The summed E-state index contributed by atoms with van der Waals surface area (Å²) in [5.74, 6) is -1.16. The van der Waals surface area contributed by atoms with Crippen LogP contribution in [0.25, 0.3) is 0 Å². The van der Waals surface area contributed by atoms with Gasteiger partial charge in [0.1, 0.15) is 0 Å². The lowest BCUT2D eigenvalue weighted by Crippen LogP contribution is -2.34. The van der Waals surface area contributed by atoms with Gasteiger partial charge in [0.2, 0.25) is 5.91 Å². The Balaban J connectivity index is 1.90. The van der Waals surface area contributed by atoms with Crippen molar-refractivity contribution in [2.45, 2.75) is 60.4 Å². The Morgan fingerprint density at radius 2 is 1.93 bits per heavy atom. The molecule has 0 aliphatic heterocycles. The van der Waals surface area contributed by atoms with E-state index in [1.807, 2.05) is 49.7 Å². The first-order chi connectivity index (χ1) is 13.7. The van der Waals surface area contributed by atoms with Crippen molar-refractivity contribution in [2.75, 3.05) is 6.54 Å². The van der Waals surface area contributed by atoms with Gasteiger partial charge in [-0.25, -0.2) is 0 Å². The molecule has 0 bridgehead atoms. The first-order valence-corrected chi connectivity index (χ1v) is 10.2. The zero-order valence-corrected chi connectivity index (χ0v) is 18.2. The summed E-state index contributed by atoms with van der Waals surface area (Å²) in [4.78, 5) is 23.9. The van der Waals surface area contributed by atoms with Gasteiger partial charge in [-0.05, 0) is 50.7 Å². The average Bonchev–Trinajstić information content (AvgIpc) is 2.89. The highest BCUT2D eigenvalue weighted by Crippen LogP contribution is 2.17. The molecule has 158 valence electrons. The Hall–Kier alpha value is -2.63. The number of carboxylic acid groups (broad SMARTS) is 1. The summed E-state index contributed by atoms with van der Waals surface area (Å²) in [7, 11) is 0. The van der Waals surface area contributed by atoms with E-state index in [1.165, 1.54) is 0 Å². The molecule has 6 heteroatoms. The monoisotopic (exact) mass is 399 g/mol. The van der Waals surface area contributed by atoms with E-state index in [1.54, 1.807) is 0 Å². The second kappa shape index (κ2) is 10.2. The van der Waals surface area contributed by atoms with E-state index < -0.39 is 11.9 Å². The van der Waals surface area contributed by atoms with Gasteiger partial charge in [-0.2, -0.15) is 5.10 Å². The third kappa shape index (κ3) is 6.73. The zero-order valence-electron chi connectivity index (χ0n) is 18.2. The molecule has 0 fully saturated rings. The average molecular weight is 400 g/mol. The number of nitrogens with one attached hydrogen (secondary N) is 1. The molecule has 0 radical (unpaired) electrons. The molecule has 1 heterocycles. The molecule has 29 heavy (non-hydrogen) atoms. The molecule has 6 nitrogen and oxygen atoms in total. The lowest BCUT2D eigenvalue weighted by atomic mass is 9.98. The highest BCUT2D eigenvalue weighted by Gasteiger charge is 2.20. The second-order valence-electron chi connectivity index (χ2n) is 8.26. The number of carboxylic acids is 1. The second-order valence-corrected chi connectivity index (χ2v) is 8.26. The van der Waals surface area contributed by atoms with E-state index in [0.717, 1.165) is 34.6 Å². The van der Waals surface area contributed by atoms with Crippen molar-refractivity contribution in [1.29, 1.82) is 0 Å². The summed E-state index contributed by atoms with van der Waals surface area (Å²) in [6.45, 7) is 11.3. The third-order valence-corrected chi connectivity index (χ3v) is 5.13. The number of benzene rings is 1. The Morgan fingerprint density at radius 3 is 2.55 bits per heavy atom. The van der Waals surface area contributed by atoms with Crippen LogP contribution in [0.1, 0.15) is 48.3 Å². The van der Waals surface area contributed by atoms with Crippen molar-refractivity contribution in [3.05, 3.63) is 52.3 Å². The summed E-state index contributed by atoms with van der Waals surface area (Å²) in [6, 6.07) is 7.81. The van der Waals surface area contributed by atoms with Gasteiger partial charge in [-0.15, -0.1) is 0 Å². The number of nitrogens with zero attached hydrogens (tertiary/aromatic N) is 2. The molecule has 2 rings (SSSR count). The van der Waals surface area contributed by atoms with Crippen molar-refractivity contribution < 1.29 is 14.7 Å². The summed E-state index contributed by atoms with van der Waals surface area (Å²) in [5, 5.41) is 16.9. The maximum atomic E-state index is 12.3. The summed E-state index contributed by atoms with van der Waals surface area (Å²) in [6.07, 6.45) is 1.33. The number of hydrogen-bond acceptors (Lipinski definition) is 3. The van der Waals surface area contributed by atoms with E-state index in [0.29, 0.717) is 25.2 Å². The maximum absolute atomic E-state index is 12.3. The lowest BCUT2D eigenvalue weighted by molar-refractivity contribution is -0.141. The van der Waals surface area contributed by atoms with E-state index in [-0.39, 0.29) is 12.5 Å². The van der Waals surface area contributed by atoms with Gasteiger partial charge in [0, 0.05) is 25.2 Å². The van der Waals surface area contributed by atoms with Crippen LogP contribution in [0.4, 0.5) is 0 Å². The molecule has 1 aromatic carbocycles. The van der Waals surface area contributed by atoms with Crippen molar-refractivity contribution in [2.24, 2.45) is 11.8 Å². The molecule has 1 aromatic heterocycles. The van der Waals surface area contributed by atoms with Crippen LogP contribution in [0.2, 0.25) is 0 Å². The van der Waals surface area contributed by atoms with Crippen molar-refractivity contribution in [3.8, 4) is 0 Å². The summed E-state index contributed by atoms with van der Waals surface area (Å²) >= 11 is 0. The Kier molecular flexibility index (Phi) is 8.00. The molecule has 2 aromatic rings. The fourth-order valence-electron chi connectivity index (χ4n) is 3.55. The normalized spacial score (nSPS) is 12.2. The Labute approximate surface area is 173 Å². The van der Waals surface area contributed by atoms with Gasteiger partial charge in [0.15, 0.2) is 0 Å². The first kappa shape index (κ1) is 22.7. The zero-order chi connectivity index (χ0) is 21.6. The maximum Gasteiger partial charge on any atom is 0.308 e. The number of aryl methyl sites for hydroxylation is 2. The van der Waals surface area contributed by atoms with E-state index in [4.69, 9.17) is 0 Å². The first-order valence-electron chi connectivity index (χ1n) is 10.2. The van der Waals surface area contributed by atoms with E-state index >= 15 is 0 Å². The molecule has 1 unspecified atom stereocenters. The van der Waals surface area contributed by atoms with Crippen molar-refractivity contribution >= 4 is 11.9 Å². The van der Waals surface area contributed by atoms with Gasteiger partial charge < -0.3 is 10.4 Å². The fraction of sp³-hybridized carbons (Fsp3) is 0.522. The Morgan fingerprint density at radius 1 is 1.21 bits per heavy atom. The lowest BCUT2D eigenvalue weighted by Gasteiger charge is -2.14. The number of carbonyl (C=O) groups is 2. The standard InChI is InChI=1S/C23H33N3O3/c1-15(2)14-26-18(5)21(17(4)25-26)9-10-22(27)24-13-20(23(28)29)12-19-8-6-7-16(3)11-19/h6-8,11,15,20H,9-10,12-14H2,1-5H3,(H,24,27)(H,28,29). The van der Waals surface area contributed by atoms with Crippen LogP contribution in [-0.4, -0.2) is 33.3 Å². The number of hydrogen-bond donors (Lipinski definition) is 2. The van der Waals surface area contributed by atoms with Crippen LogP contribution in [0.3, 0.4) is 0 Å². The van der Waals surface area contributed by atoms with Gasteiger partial charge in [-0.3, -0.25) is 14.3 Å². The highest BCUT2D eigenvalue weighted by molar-refractivity contribution is 5.77. The summed E-state index contributed by atoms with van der Waals surface area (Å²) < 4.78 is 2.01. The molecule has 1 atom stereocenters. The van der Waals surface area contributed by atoms with Crippen molar-refractivity contribution in [3.63, 3.8) is 0 Å². The molecule has 0 saturated carbocycles. The molecule has 0 saturated heterocycles. The highest BCUT2D eigenvalue weighted by atomic mass is 16.4. The van der Waals surface area contributed by atoms with Crippen LogP contribution in [-0.2, 0) is 29.0 Å². The summed E-state index contributed by atoms with van der Waals surface area (Å²) in [5.41, 5.74) is 5.23. The fourth-order valence-corrected chi connectivity index (χ4v) is 3.55. The van der Waals surface area contributed by atoms with Gasteiger partial charge in [-0.1, -0.05) is 43.7 Å². The SMILES string of the molecule is Cc1cccc(CC(CNC(=O)CCc2c(C)nn(CC(C)C)c2C)C(=O)O)c1. The number of amides is 1. The molecule has 0 spiro atoms. The van der Waals surface area contributed by atoms with E-state index in [9.17, 15) is 14.7 Å². The molecule has 0 aliphatic rings.